The molecule has 0 aliphatic heterocycles. The predicted molar refractivity (Wildman–Crippen MR) is 101 cm³/mol. The van der Waals surface area contributed by atoms with Crippen LogP contribution in [-0.4, -0.2) is 39.2 Å². The number of amides is 1. The molecule has 0 atom stereocenters. The Morgan fingerprint density at radius 2 is 1.62 bits per heavy atom. The van der Waals surface area contributed by atoms with E-state index in [1.54, 1.807) is 0 Å². The van der Waals surface area contributed by atoms with E-state index >= 15 is 0 Å². The Bertz CT molecular complexity index is 932. The number of aromatic nitrogens is 2. The van der Waals surface area contributed by atoms with Gasteiger partial charge in [-0.25, -0.2) is 9.97 Å². The van der Waals surface area contributed by atoms with E-state index in [4.69, 9.17) is 10.1 Å². The van der Waals surface area contributed by atoms with Crippen LogP contribution in [0, 0.1) is 0 Å². The van der Waals surface area contributed by atoms with Gasteiger partial charge in [0.25, 0.3) is 0 Å². The summed E-state index contributed by atoms with van der Waals surface area (Å²) in [7, 11) is 0. The molecule has 0 saturated heterocycles. The van der Waals surface area contributed by atoms with Crippen LogP contribution in [0.4, 0.5) is 0 Å². The van der Waals surface area contributed by atoms with Gasteiger partial charge in [0.1, 0.15) is 10.7 Å². The lowest BCUT2D eigenvalue weighted by atomic mass is 10.1. The number of hydrogen-bond acceptors (Lipinski definition) is 5. The minimum Gasteiger partial charge on any atom is -0.481 e. The molecule has 0 aliphatic carbocycles. The number of carboxylic acids is 1. The molecule has 3 aromatic rings. The van der Waals surface area contributed by atoms with Crippen LogP contribution in [0.1, 0.15) is 6.42 Å². The molecule has 2 N–H and O–H groups in total. The van der Waals surface area contributed by atoms with Gasteiger partial charge in [-0.3, -0.25) is 9.59 Å². The Morgan fingerprint density at radius 1 is 0.962 bits per heavy atom. The van der Waals surface area contributed by atoms with Crippen molar-refractivity contribution in [2.75, 3.05) is 12.3 Å². The molecule has 1 aromatic heterocycles. The first-order chi connectivity index (χ1) is 12.6. The smallest absolute Gasteiger partial charge is 0.305 e. The summed E-state index contributed by atoms with van der Waals surface area (Å²) in [5.41, 5.74) is 3.22. The van der Waals surface area contributed by atoms with Crippen molar-refractivity contribution in [3.63, 3.8) is 0 Å². The second-order valence-electron chi connectivity index (χ2n) is 5.51. The zero-order valence-electron chi connectivity index (χ0n) is 13.9. The zero-order chi connectivity index (χ0) is 18.4. The summed E-state index contributed by atoms with van der Waals surface area (Å²) >= 11 is 1.29. The first kappa shape index (κ1) is 17.9. The average Bonchev–Trinajstić information content (AvgIpc) is 2.66. The molecule has 3 rings (SSSR count). The van der Waals surface area contributed by atoms with Crippen LogP contribution in [-0.2, 0) is 9.59 Å². The summed E-state index contributed by atoms with van der Waals surface area (Å²) in [6.45, 7) is 0.115. The molecule has 0 radical (unpaired) electrons. The number of thioether (sulfide) groups is 1. The van der Waals surface area contributed by atoms with Crippen LogP contribution in [0.15, 0.2) is 59.6 Å². The van der Waals surface area contributed by atoms with E-state index in [2.05, 4.69) is 10.3 Å². The lowest BCUT2D eigenvalue weighted by Crippen LogP contribution is -2.27. The Morgan fingerprint density at radius 3 is 2.31 bits per heavy atom. The summed E-state index contributed by atoms with van der Waals surface area (Å²) in [6.07, 6.45) is -0.0958. The van der Waals surface area contributed by atoms with Crippen molar-refractivity contribution in [2.24, 2.45) is 0 Å². The number of fused-ring (bicyclic) bond motifs is 1. The standard InChI is InChI=1S/C19H17N3O3S/c23-16(20-11-10-17(24)25)12-26-19-18(13-6-2-1-3-7-13)21-14-8-4-5-9-15(14)22-19/h1-9H,10-12H2,(H,20,23)(H,24,25). The third-order valence-electron chi connectivity index (χ3n) is 3.59. The molecular weight excluding hydrogens is 350 g/mol. The molecule has 132 valence electrons. The Labute approximate surface area is 154 Å². The lowest BCUT2D eigenvalue weighted by Gasteiger charge is -2.10. The van der Waals surface area contributed by atoms with E-state index in [-0.39, 0.29) is 24.6 Å². The first-order valence-electron chi connectivity index (χ1n) is 8.07. The van der Waals surface area contributed by atoms with Gasteiger partial charge >= 0.3 is 5.97 Å². The molecule has 6 nitrogen and oxygen atoms in total. The Hall–Kier alpha value is -2.93. The normalized spacial score (nSPS) is 10.6. The lowest BCUT2D eigenvalue weighted by molar-refractivity contribution is -0.136. The topological polar surface area (TPSA) is 92.2 Å². The van der Waals surface area contributed by atoms with Crippen molar-refractivity contribution in [1.82, 2.24) is 15.3 Å². The number of para-hydroxylation sites is 2. The molecule has 26 heavy (non-hydrogen) atoms. The van der Waals surface area contributed by atoms with E-state index in [9.17, 15) is 9.59 Å². The van der Waals surface area contributed by atoms with Crippen LogP contribution in [0.25, 0.3) is 22.3 Å². The SMILES string of the molecule is O=C(O)CCNC(=O)CSc1nc2ccccc2nc1-c1ccccc1. The quantitative estimate of drug-likeness (QED) is 0.624. The highest BCUT2D eigenvalue weighted by molar-refractivity contribution is 8.00. The van der Waals surface area contributed by atoms with Gasteiger partial charge in [-0.1, -0.05) is 54.2 Å². The fourth-order valence-electron chi connectivity index (χ4n) is 2.36. The molecule has 0 bridgehead atoms. The largest absolute Gasteiger partial charge is 0.481 e. The van der Waals surface area contributed by atoms with Crippen molar-refractivity contribution < 1.29 is 14.7 Å². The number of carbonyl (C=O) groups excluding carboxylic acids is 1. The van der Waals surface area contributed by atoms with Gasteiger partial charge < -0.3 is 10.4 Å². The minimum atomic E-state index is -0.940. The van der Waals surface area contributed by atoms with Gasteiger partial charge in [-0.15, -0.1) is 0 Å². The number of aliphatic carboxylic acids is 1. The average molecular weight is 367 g/mol. The van der Waals surface area contributed by atoms with E-state index in [0.717, 1.165) is 22.3 Å². The van der Waals surface area contributed by atoms with Gasteiger partial charge in [0.05, 0.1) is 23.2 Å². The van der Waals surface area contributed by atoms with E-state index in [1.807, 2.05) is 54.6 Å². The zero-order valence-corrected chi connectivity index (χ0v) is 14.7. The maximum Gasteiger partial charge on any atom is 0.305 e. The molecule has 0 spiro atoms. The van der Waals surface area contributed by atoms with Crippen molar-refractivity contribution >= 4 is 34.7 Å². The Kier molecular flexibility index (Phi) is 5.80. The third-order valence-corrected chi connectivity index (χ3v) is 4.55. The van der Waals surface area contributed by atoms with Crippen molar-refractivity contribution in [3.05, 3.63) is 54.6 Å². The number of rotatable bonds is 7. The number of benzene rings is 2. The molecule has 7 heteroatoms. The van der Waals surface area contributed by atoms with Gasteiger partial charge in [0, 0.05) is 12.1 Å². The summed E-state index contributed by atoms with van der Waals surface area (Å²) < 4.78 is 0. The van der Waals surface area contributed by atoms with Gasteiger partial charge in [-0.05, 0) is 12.1 Å². The molecular formula is C19H17N3O3S. The van der Waals surface area contributed by atoms with Crippen LogP contribution in [0.2, 0.25) is 0 Å². The van der Waals surface area contributed by atoms with E-state index in [0.29, 0.717) is 5.03 Å². The molecule has 1 heterocycles. The predicted octanol–water partition coefficient (Wildman–Crippen LogP) is 2.98. The highest BCUT2D eigenvalue weighted by Crippen LogP contribution is 2.30. The second-order valence-corrected chi connectivity index (χ2v) is 6.48. The molecule has 1 amide bonds. The van der Waals surface area contributed by atoms with Crippen molar-refractivity contribution in [2.45, 2.75) is 11.4 Å². The molecule has 0 fully saturated rings. The van der Waals surface area contributed by atoms with Gasteiger partial charge in [-0.2, -0.15) is 0 Å². The summed E-state index contributed by atoms with van der Waals surface area (Å²) in [6, 6.07) is 17.3. The van der Waals surface area contributed by atoms with Crippen molar-refractivity contribution in [1.29, 1.82) is 0 Å². The van der Waals surface area contributed by atoms with Crippen LogP contribution >= 0.6 is 11.8 Å². The van der Waals surface area contributed by atoms with Crippen LogP contribution in [0.3, 0.4) is 0 Å². The monoisotopic (exact) mass is 367 g/mol. The number of nitrogens with zero attached hydrogens (tertiary/aromatic N) is 2. The summed E-state index contributed by atoms with van der Waals surface area (Å²) in [5, 5.41) is 11.9. The highest BCUT2D eigenvalue weighted by atomic mass is 32.2. The molecule has 0 unspecified atom stereocenters. The van der Waals surface area contributed by atoms with E-state index in [1.165, 1.54) is 11.8 Å². The first-order valence-corrected chi connectivity index (χ1v) is 9.05. The number of nitrogens with one attached hydrogen (secondary N) is 1. The summed E-state index contributed by atoms with van der Waals surface area (Å²) in [5.74, 6) is -1.03. The fourth-order valence-corrected chi connectivity index (χ4v) is 3.20. The van der Waals surface area contributed by atoms with Crippen LogP contribution < -0.4 is 5.32 Å². The molecule has 2 aromatic carbocycles. The summed E-state index contributed by atoms with van der Waals surface area (Å²) in [4.78, 5) is 31.8. The number of carboxylic acid groups (broad SMARTS) is 1. The van der Waals surface area contributed by atoms with Gasteiger partial charge in [0.2, 0.25) is 5.91 Å². The minimum absolute atomic E-state index is 0.0958. The highest BCUT2D eigenvalue weighted by Gasteiger charge is 2.13. The number of hydrogen-bond donors (Lipinski definition) is 2. The maximum absolute atomic E-state index is 11.9. The molecule has 0 saturated carbocycles. The van der Waals surface area contributed by atoms with Crippen molar-refractivity contribution in [3.8, 4) is 11.3 Å². The maximum atomic E-state index is 11.9. The molecule has 0 aliphatic rings. The fraction of sp³-hybridized carbons (Fsp3) is 0.158. The Balaban J connectivity index is 1.82. The third kappa shape index (κ3) is 4.58. The van der Waals surface area contributed by atoms with E-state index < -0.39 is 5.97 Å². The van der Waals surface area contributed by atoms with Crippen LogP contribution in [0.5, 0.6) is 0 Å². The number of carbonyl (C=O) groups is 2. The second kappa shape index (κ2) is 8.44. The van der Waals surface area contributed by atoms with Gasteiger partial charge in [0.15, 0.2) is 0 Å².